The number of hydrogen-bond acceptors (Lipinski definition) is 2. The van der Waals surface area contributed by atoms with Gasteiger partial charge in [0, 0.05) is 18.1 Å². The molecule has 1 aromatic carbocycles. The quantitative estimate of drug-likeness (QED) is 0.755. The van der Waals surface area contributed by atoms with Crippen LogP contribution in [0.3, 0.4) is 0 Å². The normalized spacial score (nSPS) is 12.0. The van der Waals surface area contributed by atoms with Crippen LogP contribution in [0.15, 0.2) is 24.3 Å². The molecule has 1 rings (SSSR count). The molecule has 110 valence electrons. The van der Waals surface area contributed by atoms with Gasteiger partial charge in [-0.2, -0.15) is 0 Å². The average Bonchev–Trinajstić information content (AvgIpc) is 2.37. The number of benzene rings is 1. The first-order valence-electron chi connectivity index (χ1n) is 6.39. The minimum atomic E-state index is -0.911. The first kappa shape index (κ1) is 16.3. The number of carbonyl (C=O) groups excluding carboxylic acids is 1. The Bertz CT molecular complexity index is 477. The highest BCUT2D eigenvalue weighted by atomic mass is 35.5. The van der Waals surface area contributed by atoms with Crippen LogP contribution in [0.25, 0.3) is 0 Å². The summed E-state index contributed by atoms with van der Waals surface area (Å²) in [5.41, 5.74) is 0.808. The lowest BCUT2D eigenvalue weighted by molar-refractivity contribution is -0.142. The lowest BCUT2D eigenvalue weighted by Crippen LogP contribution is -2.41. The van der Waals surface area contributed by atoms with E-state index < -0.39 is 17.9 Å². The van der Waals surface area contributed by atoms with Gasteiger partial charge in [0.25, 0.3) is 0 Å². The zero-order valence-corrected chi connectivity index (χ0v) is 12.3. The van der Waals surface area contributed by atoms with Crippen LogP contribution in [0.1, 0.15) is 19.4 Å². The second-order valence-electron chi connectivity index (χ2n) is 4.84. The SMILES string of the molecule is CC(C)C(CNC(=O)NCc1ccccc1Cl)C(=O)O. The number of hydrogen-bond donors (Lipinski definition) is 3. The number of rotatable bonds is 6. The van der Waals surface area contributed by atoms with E-state index in [1.807, 2.05) is 32.0 Å². The van der Waals surface area contributed by atoms with E-state index in [-0.39, 0.29) is 12.5 Å². The number of nitrogens with one attached hydrogen (secondary N) is 2. The molecule has 0 radical (unpaired) electrons. The van der Waals surface area contributed by atoms with Crippen molar-refractivity contribution in [3.63, 3.8) is 0 Å². The fraction of sp³-hybridized carbons (Fsp3) is 0.429. The van der Waals surface area contributed by atoms with Crippen molar-refractivity contribution in [1.82, 2.24) is 10.6 Å². The van der Waals surface area contributed by atoms with Crippen LogP contribution >= 0.6 is 11.6 Å². The summed E-state index contributed by atoms with van der Waals surface area (Å²) in [5, 5.41) is 14.8. The third-order valence-corrected chi connectivity index (χ3v) is 3.37. The van der Waals surface area contributed by atoms with Gasteiger partial charge in [0.05, 0.1) is 5.92 Å². The Balaban J connectivity index is 2.41. The van der Waals surface area contributed by atoms with Gasteiger partial charge >= 0.3 is 12.0 Å². The molecule has 0 aromatic heterocycles. The van der Waals surface area contributed by atoms with E-state index in [1.165, 1.54) is 0 Å². The maximum absolute atomic E-state index is 11.6. The van der Waals surface area contributed by atoms with Gasteiger partial charge in [-0.3, -0.25) is 4.79 Å². The molecule has 0 aliphatic carbocycles. The average molecular weight is 299 g/mol. The first-order chi connectivity index (χ1) is 9.41. The molecule has 0 fully saturated rings. The van der Waals surface area contributed by atoms with Crippen LogP contribution in [0.5, 0.6) is 0 Å². The Labute approximate surface area is 123 Å². The Morgan fingerprint density at radius 2 is 1.90 bits per heavy atom. The van der Waals surface area contributed by atoms with E-state index in [0.717, 1.165) is 5.56 Å². The standard InChI is InChI=1S/C14H19ClN2O3/c1-9(2)11(13(18)19)8-17-14(20)16-7-10-5-3-4-6-12(10)15/h3-6,9,11H,7-8H2,1-2H3,(H,18,19)(H2,16,17,20). The highest BCUT2D eigenvalue weighted by molar-refractivity contribution is 6.31. The van der Waals surface area contributed by atoms with Crippen molar-refractivity contribution in [2.24, 2.45) is 11.8 Å². The summed E-state index contributed by atoms with van der Waals surface area (Å²) < 4.78 is 0. The Morgan fingerprint density at radius 3 is 2.45 bits per heavy atom. The molecule has 0 aliphatic rings. The molecule has 0 saturated carbocycles. The van der Waals surface area contributed by atoms with Gasteiger partial charge in [0.2, 0.25) is 0 Å². The van der Waals surface area contributed by atoms with E-state index in [2.05, 4.69) is 10.6 Å². The van der Waals surface area contributed by atoms with Crippen molar-refractivity contribution >= 4 is 23.6 Å². The predicted molar refractivity (Wildman–Crippen MR) is 77.7 cm³/mol. The van der Waals surface area contributed by atoms with Crippen LogP contribution in [0.4, 0.5) is 4.79 Å². The van der Waals surface area contributed by atoms with Gasteiger partial charge < -0.3 is 15.7 Å². The summed E-state index contributed by atoms with van der Waals surface area (Å²) in [6.07, 6.45) is 0. The number of carboxylic acid groups (broad SMARTS) is 1. The number of carboxylic acids is 1. The van der Waals surface area contributed by atoms with Crippen molar-refractivity contribution in [3.8, 4) is 0 Å². The van der Waals surface area contributed by atoms with Gasteiger partial charge in [-0.15, -0.1) is 0 Å². The third-order valence-electron chi connectivity index (χ3n) is 3.00. The second-order valence-corrected chi connectivity index (χ2v) is 5.25. The van der Waals surface area contributed by atoms with Crippen molar-refractivity contribution in [1.29, 1.82) is 0 Å². The Kier molecular flexibility index (Phi) is 6.31. The molecule has 6 heteroatoms. The summed E-state index contributed by atoms with van der Waals surface area (Å²) >= 11 is 5.97. The predicted octanol–water partition coefficient (Wildman–Crippen LogP) is 2.50. The molecule has 1 atom stereocenters. The maximum atomic E-state index is 11.6. The number of aliphatic carboxylic acids is 1. The molecule has 5 nitrogen and oxygen atoms in total. The van der Waals surface area contributed by atoms with Gasteiger partial charge in [-0.1, -0.05) is 43.6 Å². The third kappa shape index (κ3) is 5.09. The highest BCUT2D eigenvalue weighted by Gasteiger charge is 2.21. The smallest absolute Gasteiger partial charge is 0.315 e. The fourth-order valence-electron chi connectivity index (χ4n) is 1.69. The molecule has 20 heavy (non-hydrogen) atoms. The van der Waals surface area contributed by atoms with Gasteiger partial charge in [0.1, 0.15) is 0 Å². The molecule has 0 saturated heterocycles. The zero-order valence-electron chi connectivity index (χ0n) is 11.5. The van der Waals surface area contributed by atoms with Crippen LogP contribution in [-0.2, 0) is 11.3 Å². The topological polar surface area (TPSA) is 78.4 Å². The zero-order chi connectivity index (χ0) is 15.1. The lowest BCUT2D eigenvalue weighted by Gasteiger charge is -2.17. The summed E-state index contributed by atoms with van der Waals surface area (Å²) in [7, 11) is 0. The van der Waals surface area contributed by atoms with E-state index in [9.17, 15) is 9.59 Å². The summed E-state index contributed by atoms with van der Waals surface area (Å²) in [4.78, 5) is 22.6. The van der Waals surface area contributed by atoms with Crippen LogP contribution < -0.4 is 10.6 Å². The Hall–Kier alpha value is -1.75. The molecular weight excluding hydrogens is 280 g/mol. The van der Waals surface area contributed by atoms with E-state index in [4.69, 9.17) is 16.7 Å². The van der Waals surface area contributed by atoms with Crippen LogP contribution in [0, 0.1) is 11.8 Å². The van der Waals surface area contributed by atoms with Crippen LogP contribution in [0.2, 0.25) is 5.02 Å². The first-order valence-corrected chi connectivity index (χ1v) is 6.77. The monoisotopic (exact) mass is 298 g/mol. The number of amides is 2. The van der Waals surface area contributed by atoms with E-state index in [1.54, 1.807) is 6.07 Å². The van der Waals surface area contributed by atoms with Crippen molar-refractivity contribution in [2.45, 2.75) is 20.4 Å². The largest absolute Gasteiger partial charge is 0.481 e. The fourth-order valence-corrected chi connectivity index (χ4v) is 1.89. The van der Waals surface area contributed by atoms with Crippen molar-refractivity contribution in [2.75, 3.05) is 6.54 Å². The van der Waals surface area contributed by atoms with Gasteiger partial charge in [-0.25, -0.2) is 4.79 Å². The Morgan fingerprint density at radius 1 is 1.25 bits per heavy atom. The number of halogens is 1. The van der Waals surface area contributed by atoms with Gasteiger partial charge in [-0.05, 0) is 17.5 Å². The second kappa shape index (κ2) is 7.75. The molecule has 1 unspecified atom stereocenters. The minimum absolute atomic E-state index is 0.0450. The molecule has 2 amide bonds. The van der Waals surface area contributed by atoms with Crippen molar-refractivity contribution in [3.05, 3.63) is 34.9 Å². The van der Waals surface area contributed by atoms with E-state index in [0.29, 0.717) is 11.6 Å². The number of carbonyl (C=O) groups is 2. The molecule has 1 aromatic rings. The molecule has 0 spiro atoms. The lowest BCUT2D eigenvalue weighted by atomic mass is 9.96. The number of urea groups is 1. The van der Waals surface area contributed by atoms with E-state index >= 15 is 0 Å². The molecule has 0 heterocycles. The molecule has 0 aliphatic heterocycles. The summed E-state index contributed by atoms with van der Waals surface area (Å²) in [6, 6.07) is 6.80. The summed E-state index contributed by atoms with van der Waals surface area (Å²) in [5.74, 6) is -1.55. The molecule has 3 N–H and O–H groups in total. The van der Waals surface area contributed by atoms with Gasteiger partial charge in [0.15, 0.2) is 0 Å². The van der Waals surface area contributed by atoms with Crippen molar-refractivity contribution < 1.29 is 14.7 Å². The minimum Gasteiger partial charge on any atom is -0.481 e. The molecule has 0 bridgehead atoms. The van der Waals surface area contributed by atoms with Crippen LogP contribution in [-0.4, -0.2) is 23.7 Å². The summed E-state index contributed by atoms with van der Waals surface area (Å²) in [6.45, 7) is 4.01. The maximum Gasteiger partial charge on any atom is 0.315 e. The highest BCUT2D eigenvalue weighted by Crippen LogP contribution is 2.14. The molecular formula is C14H19ClN2O3.